The van der Waals surface area contributed by atoms with Crippen LogP contribution < -0.4 is 5.32 Å². The van der Waals surface area contributed by atoms with Crippen LogP contribution in [-0.2, 0) is 4.79 Å². The number of anilines is 1. The van der Waals surface area contributed by atoms with Crippen LogP contribution in [0.3, 0.4) is 0 Å². The standard InChI is InChI=1S/C15H11Cl2NO/c16-12-8-13(17)10-14(9-12)18-15(19)7-6-11-4-2-1-3-5-11/h1-10H,(H,18,19)/b7-6+. The summed E-state index contributed by atoms with van der Waals surface area (Å²) in [5.41, 5.74) is 1.53. The molecule has 0 fully saturated rings. The van der Waals surface area contributed by atoms with E-state index in [1.807, 2.05) is 30.3 Å². The third kappa shape index (κ3) is 4.43. The molecule has 1 amide bonds. The van der Waals surface area contributed by atoms with E-state index in [-0.39, 0.29) is 5.91 Å². The molecule has 2 aromatic carbocycles. The Labute approximate surface area is 121 Å². The number of halogens is 2. The van der Waals surface area contributed by atoms with Crippen molar-refractivity contribution >= 4 is 40.9 Å². The second kappa shape index (κ2) is 6.41. The quantitative estimate of drug-likeness (QED) is 0.820. The minimum absolute atomic E-state index is 0.234. The van der Waals surface area contributed by atoms with Crippen LogP contribution in [0.5, 0.6) is 0 Å². The van der Waals surface area contributed by atoms with E-state index in [0.29, 0.717) is 15.7 Å². The first-order valence-electron chi connectivity index (χ1n) is 5.64. The lowest BCUT2D eigenvalue weighted by molar-refractivity contribution is -0.111. The molecule has 0 spiro atoms. The van der Waals surface area contributed by atoms with Gasteiger partial charge in [0.2, 0.25) is 5.91 Å². The van der Waals surface area contributed by atoms with E-state index >= 15 is 0 Å². The summed E-state index contributed by atoms with van der Waals surface area (Å²) < 4.78 is 0. The van der Waals surface area contributed by atoms with Crippen LogP contribution in [0.2, 0.25) is 10.0 Å². The molecule has 0 radical (unpaired) electrons. The zero-order chi connectivity index (χ0) is 13.7. The number of carbonyl (C=O) groups excluding carboxylic acids is 1. The fraction of sp³-hybridized carbons (Fsp3) is 0. The third-order valence-corrected chi connectivity index (χ3v) is 2.79. The maximum absolute atomic E-state index is 11.7. The lowest BCUT2D eigenvalue weighted by atomic mass is 10.2. The average Bonchev–Trinajstić information content (AvgIpc) is 2.36. The van der Waals surface area contributed by atoms with Crippen molar-refractivity contribution in [2.75, 3.05) is 5.32 Å². The van der Waals surface area contributed by atoms with Crippen molar-refractivity contribution in [3.8, 4) is 0 Å². The van der Waals surface area contributed by atoms with Crippen molar-refractivity contribution in [2.24, 2.45) is 0 Å². The molecule has 0 aliphatic heterocycles. The molecule has 96 valence electrons. The smallest absolute Gasteiger partial charge is 0.248 e. The minimum Gasteiger partial charge on any atom is -0.322 e. The van der Waals surface area contributed by atoms with Gasteiger partial charge in [-0.3, -0.25) is 4.79 Å². The molecule has 0 saturated carbocycles. The van der Waals surface area contributed by atoms with Gasteiger partial charge in [0.25, 0.3) is 0 Å². The van der Waals surface area contributed by atoms with E-state index < -0.39 is 0 Å². The highest BCUT2D eigenvalue weighted by Gasteiger charge is 2.01. The van der Waals surface area contributed by atoms with Gasteiger partial charge >= 0.3 is 0 Å². The van der Waals surface area contributed by atoms with Crippen molar-refractivity contribution < 1.29 is 4.79 Å². The highest BCUT2D eigenvalue weighted by atomic mass is 35.5. The first kappa shape index (κ1) is 13.7. The second-order valence-electron chi connectivity index (χ2n) is 3.89. The maximum atomic E-state index is 11.7. The molecule has 0 unspecified atom stereocenters. The predicted molar refractivity (Wildman–Crippen MR) is 80.6 cm³/mol. The van der Waals surface area contributed by atoms with E-state index in [2.05, 4.69) is 5.32 Å². The Balaban J connectivity index is 2.03. The SMILES string of the molecule is O=C(/C=C/c1ccccc1)Nc1cc(Cl)cc(Cl)c1. The highest BCUT2D eigenvalue weighted by Crippen LogP contribution is 2.22. The maximum Gasteiger partial charge on any atom is 0.248 e. The molecule has 0 saturated heterocycles. The van der Waals surface area contributed by atoms with E-state index in [1.54, 1.807) is 24.3 Å². The van der Waals surface area contributed by atoms with Crippen LogP contribution in [0.25, 0.3) is 6.08 Å². The monoisotopic (exact) mass is 291 g/mol. The summed E-state index contributed by atoms with van der Waals surface area (Å²) >= 11 is 11.7. The number of rotatable bonds is 3. The Morgan fingerprint density at radius 1 is 1.00 bits per heavy atom. The van der Waals surface area contributed by atoms with Gasteiger partial charge in [0.15, 0.2) is 0 Å². The lowest BCUT2D eigenvalue weighted by Gasteiger charge is -2.03. The van der Waals surface area contributed by atoms with Crippen molar-refractivity contribution in [2.45, 2.75) is 0 Å². The molecular weight excluding hydrogens is 281 g/mol. The van der Waals surface area contributed by atoms with Gasteiger partial charge in [0, 0.05) is 21.8 Å². The second-order valence-corrected chi connectivity index (χ2v) is 4.76. The fourth-order valence-electron chi connectivity index (χ4n) is 1.55. The zero-order valence-electron chi connectivity index (χ0n) is 9.94. The molecule has 2 aromatic rings. The van der Waals surface area contributed by atoms with Gasteiger partial charge in [-0.15, -0.1) is 0 Å². The fourth-order valence-corrected chi connectivity index (χ4v) is 2.07. The molecule has 0 aromatic heterocycles. The molecule has 1 N–H and O–H groups in total. The summed E-state index contributed by atoms with van der Waals surface area (Å²) in [4.78, 5) is 11.7. The van der Waals surface area contributed by atoms with Crippen molar-refractivity contribution in [3.63, 3.8) is 0 Å². The molecule has 0 aliphatic rings. The number of amides is 1. The van der Waals surface area contributed by atoms with Crippen molar-refractivity contribution in [3.05, 3.63) is 70.2 Å². The van der Waals surface area contributed by atoms with Crippen LogP contribution in [0.4, 0.5) is 5.69 Å². The number of hydrogen-bond acceptors (Lipinski definition) is 1. The Morgan fingerprint density at radius 2 is 1.63 bits per heavy atom. The summed E-state index contributed by atoms with van der Waals surface area (Å²) in [6, 6.07) is 14.5. The predicted octanol–water partition coefficient (Wildman–Crippen LogP) is 4.65. The number of hydrogen-bond donors (Lipinski definition) is 1. The van der Waals surface area contributed by atoms with E-state index in [9.17, 15) is 4.79 Å². The van der Waals surface area contributed by atoms with Gasteiger partial charge in [-0.1, -0.05) is 53.5 Å². The topological polar surface area (TPSA) is 29.1 Å². The average molecular weight is 292 g/mol. The molecule has 4 heteroatoms. The third-order valence-electron chi connectivity index (χ3n) is 2.36. The molecule has 0 heterocycles. The van der Waals surface area contributed by atoms with Gasteiger partial charge in [0.05, 0.1) is 0 Å². The number of nitrogens with one attached hydrogen (secondary N) is 1. The molecule has 19 heavy (non-hydrogen) atoms. The Kier molecular flexibility index (Phi) is 4.61. The Bertz CT molecular complexity index is 589. The molecule has 0 bridgehead atoms. The largest absolute Gasteiger partial charge is 0.322 e. The Morgan fingerprint density at radius 3 is 2.26 bits per heavy atom. The minimum atomic E-state index is -0.234. The summed E-state index contributed by atoms with van der Waals surface area (Å²) in [7, 11) is 0. The van der Waals surface area contributed by atoms with Gasteiger partial charge in [-0.25, -0.2) is 0 Å². The lowest BCUT2D eigenvalue weighted by Crippen LogP contribution is -2.07. The molecule has 0 aliphatic carbocycles. The van der Waals surface area contributed by atoms with Crippen LogP contribution in [-0.4, -0.2) is 5.91 Å². The van der Waals surface area contributed by atoms with Crippen molar-refractivity contribution in [1.82, 2.24) is 0 Å². The van der Waals surface area contributed by atoms with Gasteiger partial charge in [-0.2, -0.15) is 0 Å². The van der Waals surface area contributed by atoms with E-state index in [0.717, 1.165) is 5.56 Å². The molecule has 2 rings (SSSR count). The summed E-state index contributed by atoms with van der Waals surface area (Å²) in [6.45, 7) is 0. The number of carbonyl (C=O) groups is 1. The van der Waals surface area contributed by atoms with Crippen LogP contribution in [0.15, 0.2) is 54.6 Å². The van der Waals surface area contributed by atoms with Crippen LogP contribution >= 0.6 is 23.2 Å². The van der Waals surface area contributed by atoms with E-state index in [4.69, 9.17) is 23.2 Å². The summed E-state index contributed by atoms with van der Waals surface area (Å²) in [5.74, 6) is -0.234. The van der Waals surface area contributed by atoms with Crippen molar-refractivity contribution in [1.29, 1.82) is 0 Å². The molecule has 0 atom stereocenters. The normalized spacial score (nSPS) is 10.6. The first-order chi connectivity index (χ1) is 9.13. The number of benzene rings is 2. The van der Waals surface area contributed by atoms with E-state index in [1.165, 1.54) is 6.08 Å². The zero-order valence-corrected chi connectivity index (χ0v) is 11.4. The van der Waals surface area contributed by atoms with Gasteiger partial charge in [0.1, 0.15) is 0 Å². The van der Waals surface area contributed by atoms with Gasteiger partial charge in [-0.05, 0) is 29.8 Å². The van der Waals surface area contributed by atoms with Gasteiger partial charge < -0.3 is 5.32 Å². The summed E-state index contributed by atoms with van der Waals surface area (Å²) in [6.07, 6.45) is 3.20. The Hall–Kier alpha value is -1.77. The first-order valence-corrected chi connectivity index (χ1v) is 6.39. The molecular formula is C15H11Cl2NO. The highest BCUT2D eigenvalue weighted by molar-refractivity contribution is 6.35. The molecule has 2 nitrogen and oxygen atoms in total. The van der Waals surface area contributed by atoms with Crippen LogP contribution in [0.1, 0.15) is 5.56 Å². The summed E-state index contributed by atoms with van der Waals surface area (Å²) in [5, 5.41) is 3.66. The van der Waals surface area contributed by atoms with Crippen LogP contribution in [0, 0.1) is 0 Å².